The molecule has 0 radical (unpaired) electrons. The van der Waals surface area contributed by atoms with Gasteiger partial charge < -0.3 is 10.2 Å². The molecule has 1 amide bonds. The van der Waals surface area contributed by atoms with Crippen LogP contribution in [0.3, 0.4) is 0 Å². The Kier molecular flexibility index (Phi) is 4.22. The average Bonchev–Trinajstić information content (AvgIpc) is 2.39. The van der Waals surface area contributed by atoms with Crippen LogP contribution in [-0.2, 0) is 4.79 Å². The third-order valence-corrected chi connectivity index (χ3v) is 4.05. The van der Waals surface area contributed by atoms with E-state index in [1.54, 1.807) is 0 Å². The summed E-state index contributed by atoms with van der Waals surface area (Å²) < 4.78 is 0. The van der Waals surface area contributed by atoms with Gasteiger partial charge in [-0.1, -0.05) is 13.3 Å². The maximum atomic E-state index is 12.3. The SMILES string of the molecule is CCC1CCCN(C(=O)C2CCCNC2)C1. The second-order valence-corrected chi connectivity index (χ2v) is 5.24. The summed E-state index contributed by atoms with van der Waals surface area (Å²) in [6, 6.07) is 0. The second-order valence-electron chi connectivity index (χ2n) is 5.24. The molecular formula is C13H24N2O. The van der Waals surface area contributed by atoms with Gasteiger partial charge in [0, 0.05) is 19.6 Å². The first kappa shape index (κ1) is 11.9. The zero-order valence-electron chi connectivity index (χ0n) is 10.4. The van der Waals surface area contributed by atoms with Gasteiger partial charge in [-0.25, -0.2) is 0 Å². The van der Waals surface area contributed by atoms with E-state index in [0.29, 0.717) is 5.91 Å². The zero-order valence-corrected chi connectivity index (χ0v) is 10.4. The summed E-state index contributed by atoms with van der Waals surface area (Å²) in [6.07, 6.45) is 5.96. The minimum absolute atomic E-state index is 0.254. The molecule has 2 unspecified atom stereocenters. The molecule has 0 saturated carbocycles. The molecule has 2 heterocycles. The molecule has 0 bridgehead atoms. The van der Waals surface area contributed by atoms with E-state index in [0.717, 1.165) is 44.9 Å². The molecule has 0 aromatic heterocycles. The lowest BCUT2D eigenvalue weighted by atomic mass is 9.92. The molecular weight excluding hydrogens is 200 g/mol. The van der Waals surface area contributed by atoms with Crippen molar-refractivity contribution in [3.63, 3.8) is 0 Å². The summed E-state index contributed by atoms with van der Waals surface area (Å²) in [6.45, 7) is 6.21. The van der Waals surface area contributed by atoms with Gasteiger partial charge in [0.05, 0.1) is 5.92 Å². The first-order valence-electron chi connectivity index (χ1n) is 6.80. The lowest BCUT2D eigenvalue weighted by Gasteiger charge is -2.35. The van der Waals surface area contributed by atoms with Crippen LogP contribution >= 0.6 is 0 Å². The molecule has 3 nitrogen and oxygen atoms in total. The Bertz CT molecular complexity index is 236. The summed E-state index contributed by atoms with van der Waals surface area (Å²) in [5.41, 5.74) is 0. The number of carbonyl (C=O) groups excluding carboxylic acids is 1. The van der Waals surface area contributed by atoms with Crippen molar-refractivity contribution in [2.24, 2.45) is 11.8 Å². The molecule has 3 heteroatoms. The van der Waals surface area contributed by atoms with Gasteiger partial charge in [-0.2, -0.15) is 0 Å². The normalized spacial score (nSPS) is 31.4. The third kappa shape index (κ3) is 2.76. The van der Waals surface area contributed by atoms with Crippen molar-refractivity contribution >= 4 is 5.91 Å². The highest BCUT2D eigenvalue weighted by Gasteiger charge is 2.28. The van der Waals surface area contributed by atoms with Gasteiger partial charge in [-0.15, -0.1) is 0 Å². The Labute approximate surface area is 98.6 Å². The maximum Gasteiger partial charge on any atom is 0.226 e. The fraction of sp³-hybridized carbons (Fsp3) is 0.923. The van der Waals surface area contributed by atoms with Gasteiger partial charge in [0.15, 0.2) is 0 Å². The monoisotopic (exact) mass is 224 g/mol. The van der Waals surface area contributed by atoms with E-state index >= 15 is 0 Å². The summed E-state index contributed by atoms with van der Waals surface area (Å²) >= 11 is 0. The molecule has 2 aliphatic rings. The van der Waals surface area contributed by atoms with E-state index in [9.17, 15) is 4.79 Å². The molecule has 2 aliphatic heterocycles. The number of nitrogens with one attached hydrogen (secondary N) is 1. The van der Waals surface area contributed by atoms with Crippen molar-refractivity contribution in [3.8, 4) is 0 Å². The van der Waals surface area contributed by atoms with Gasteiger partial charge in [-0.05, 0) is 38.1 Å². The Morgan fingerprint density at radius 1 is 1.38 bits per heavy atom. The van der Waals surface area contributed by atoms with E-state index < -0.39 is 0 Å². The fourth-order valence-corrected chi connectivity index (χ4v) is 2.92. The number of amides is 1. The number of rotatable bonds is 2. The molecule has 92 valence electrons. The van der Waals surface area contributed by atoms with Crippen LogP contribution in [0.1, 0.15) is 39.0 Å². The van der Waals surface area contributed by atoms with E-state index in [1.165, 1.54) is 19.3 Å². The minimum Gasteiger partial charge on any atom is -0.342 e. The Morgan fingerprint density at radius 2 is 2.25 bits per heavy atom. The molecule has 0 aromatic rings. The van der Waals surface area contributed by atoms with Crippen LogP contribution in [0.2, 0.25) is 0 Å². The van der Waals surface area contributed by atoms with Crippen molar-refractivity contribution in [3.05, 3.63) is 0 Å². The van der Waals surface area contributed by atoms with Gasteiger partial charge in [-0.3, -0.25) is 4.79 Å². The van der Waals surface area contributed by atoms with Crippen molar-refractivity contribution in [2.45, 2.75) is 39.0 Å². The highest BCUT2D eigenvalue weighted by atomic mass is 16.2. The van der Waals surface area contributed by atoms with Crippen LogP contribution < -0.4 is 5.32 Å². The van der Waals surface area contributed by atoms with Gasteiger partial charge in [0.2, 0.25) is 5.91 Å². The summed E-state index contributed by atoms with van der Waals surface area (Å²) in [5, 5.41) is 3.33. The van der Waals surface area contributed by atoms with Crippen molar-refractivity contribution in [1.82, 2.24) is 10.2 Å². The summed E-state index contributed by atoms with van der Waals surface area (Å²) in [4.78, 5) is 14.4. The van der Waals surface area contributed by atoms with E-state index in [4.69, 9.17) is 0 Å². The van der Waals surface area contributed by atoms with Crippen molar-refractivity contribution < 1.29 is 4.79 Å². The number of carbonyl (C=O) groups is 1. The predicted octanol–water partition coefficient (Wildman–Crippen LogP) is 1.63. The molecule has 1 N–H and O–H groups in total. The first-order valence-corrected chi connectivity index (χ1v) is 6.80. The maximum absolute atomic E-state index is 12.3. The number of likely N-dealkylation sites (tertiary alicyclic amines) is 1. The van der Waals surface area contributed by atoms with Crippen molar-refractivity contribution in [1.29, 1.82) is 0 Å². The fourth-order valence-electron chi connectivity index (χ4n) is 2.92. The average molecular weight is 224 g/mol. The Balaban J connectivity index is 1.87. The number of hydrogen-bond acceptors (Lipinski definition) is 2. The van der Waals surface area contributed by atoms with Crippen LogP contribution in [0, 0.1) is 11.8 Å². The van der Waals surface area contributed by atoms with Crippen LogP contribution in [0.5, 0.6) is 0 Å². The van der Waals surface area contributed by atoms with E-state index in [2.05, 4.69) is 17.1 Å². The Hall–Kier alpha value is -0.570. The predicted molar refractivity (Wildman–Crippen MR) is 65.2 cm³/mol. The summed E-state index contributed by atoms with van der Waals surface area (Å²) in [5.74, 6) is 1.41. The zero-order chi connectivity index (χ0) is 11.4. The minimum atomic E-state index is 0.254. The molecule has 0 aliphatic carbocycles. The van der Waals surface area contributed by atoms with Gasteiger partial charge in [0.25, 0.3) is 0 Å². The van der Waals surface area contributed by atoms with Gasteiger partial charge in [0.1, 0.15) is 0 Å². The number of nitrogens with zero attached hydrogens (tertiary/aromatic N) is 1. The highest BCUT2D eigenvalue weighted by molar-refractivity contribution is 5.79. The lowest BCUT2D eigenvalue weighted by molar-refractivity contribution is -0.137. The highest BCUT2D eigenvalue weighted by Crippen LogP contribution is 2.22. The standard InChI is InChI=1S/C13H24N2O/c1-2-11-5-4-8-15(10-11)13(16)12-6-3-7-14-9-12/h11-12,14H,2-10H2,1H3. The molecule has 2 rings (SSSR count). The molecule has 16 heavy (non-hydrogen) atoms. The number of hydrogen-bond donors (Lipinski definition) is 1. The summed E-state index contributed by atoms with van der Waals surface area (Å²) in [7, 11) is 0. The molecule has 2 atom stereocenters. The van der Waals surface area contributed by atoms with Crippen LogP contribution in [-0.4, -0.2) is 37.0 Å². The topological polar surface area (TPSA) is 32.3 Å². The van der Waals surface area contributed by atoms with Crippen LogP contribution in [0.25, 0.3) is 0 Å². The quantitative estimate of drug-likeness (QED) is 0.773. The largest absolute Gasteiger partial charge is 0.342 e. The van der Waals surface area contributed by atoms with Crippen LogP contribution in [0.4, 0.5) is 0 Å². The third-order valence-electron chi connectivity index (χ3n) is 4.05. The van der Waals surface area contributed by atoms with Crippen molar-refractivity contribution in [2.75, 3.05) is 26.2 Å². The van der Waals surface area contributed by atoms with E-state index in [-0.39, 0.29) is 5.92 Å². The Morgan fingerprint density at radius 3 is 2.94 bits per heavy atom. The second kappa shape index (κ2) is 5.67. The smallest absolute Gasteiger partial charge is 0.226 e. The molecule has 2 saturated heterocycles. The van der Waals surface area contributed by atoms with E-state index in [1.807, 2.05) is 0 Å². The van der Waals surface area contributed by atoms with Gasteiger partial charge >= 0.3 is 0 Å². The first-order chi connectivity index (χ1) is 7.81. The number of piperidine rings is 2. The molecule has 2 fully saturated rings. The van der Waals surface area contributed by atoms with Crippen LogP contribution in [0.15, 0.2) is 0 Å². The lowest BCUT2D eigenvalue weighted by Crippen LogP contribution is -2.46. The molecule has 0 aromatic carbocycles. The molecule has 0 spiro atoms.